The zero-order valence-electron chi connectivity index (χ0n) is 13.8. The second-order valence-corrected chi connectivity index (χ2v) is 6.70. The van der Waals surface area contributed by atoms with Crippen LogP contribution in [0.1, 0.15) is 37.7 Å². The van der Waals surface area contributed by atoms with E-state index in [0.29, 0.717) is 17.5 Å². The lowest BCUT2D eigenvalue weighted by Gasteiger charge is -2.11. The number of aryl methyl sites for hydroxylation is 2. The molecule has 2 heterocycles. The quantitative estimate of drug-likeness (QED) is 0.769. The highest BCUT2D eigenvalue weighted by Crippen LogP contribution is 2.31. The van der Waals surface area contributed by atoms with E-state index in [0.717, 1.165) is 22.5 Å². The van der Waals surface area contributed by atoms with Gasteiger partial charge in [-0.2, -0.15) is 0 Å². The molecule has 2 aromatic heterocycles. The molecule has 3 rings (SSSR count). The fourth-order valence-electron chi connectivity index (χ4n) is 2.25. The molecule has 0 unspecified atom stereocenters. The van der Waals surface area contributed by atoms with Crippen LogP contribution in [-0.2, 0) is 5.41 Å². The highest BCUT2D eigenvalue weighted by molar-refractivity contribution is 5.61. The zero-order chi connectivity index (χ0) is 16.8. The smallest absolute Gasteiger partial charge is 0.270 e. The predicted molar refractivity (Wildman–Crippen MR) is 85.1 cm³/mol. The van der Waals surface area contributed by atoms with Crippen LogP contribution in [0.25, 0.3) is 23.0 Å². The fraction of sp³-hybridized carbons (Fsp3) is 0.353. The Morgan fingerprint density at radius 3 is 2.13 bits per heavy atom. The highest BCUT2D eigenvalue weighted by atomic mass is 16.5. The van der Waals surface area contributed by atoms with E-state index in [2.05, 4.69) is 15.4 Å². The topological polar surface area (TPSA) is 85.2 Å². The Morgan fingerprint density at radius 2 is 1.57 bits per heavy atom. The number of nitrogens with zero attached hydrogens (tertiary/aromatic N) is 3. The van der Waals surface area contributed by atoms with Gasteiger partial charge < -0.3 is 14.0 Å². The summed E-state index contributed by atoms with van der Waals surface area (Å²) in [6, 6.07) is 5.43. The first kappa shape index (κ1) is 15.3. The molecule has 0 saturated heterocycles. The molecule has 0 aliphatic rings. The van der Waals surface area contributed by atoms with Gasteiger partial charge in [0.05, 0.1) is 0 Å². The van der Waals surface area contributed by atoms with Gasteiger partial charge in [0.2, 0.25) is 5.89 Å². The average Bonchev–Trinajstić information content (AvgIpc) is 3.11. The zero-order valence-corrected chi connectivity index (χ0v) is 13.8. The third-order valence-corrected chi connectivity index (χ3v) is 3.63. The van der Waals surface area contributed by atoms with Gasteiger partial charge in [-0.1, -0.05) is 25.9 Å². The van der Waals surface area contributed by atoms with Crippen molar-refractivity contribution in [2.45, 2.75) is 40.0 Å². The summed E-state index contributed by atoms with van der Waals surface area (Å²) in [5, 5.41) is 22.0. The summed E-state index contributed by atoms with van der Waals surface area (Å²) < 4.78 is 11.0. The molecule has 3 aromatic rings. The predicted octanol–water partition coefficient (Wildman–Crippen LogP) is 4.01. The number of rotatable bonds is 2. The number of hydrogen-bond acceptors (Lipinski definition) is 6. The van der Waals surface area contributed by atoms with Crippen LogP contribution in [0.15, 0.2) is 27.1 Å². The molecule has 0 fully saturated rings. The summed E-state index contributed by atoms with van der Waals surface area (Å²) in [5.41, 5.74) is 2.66. The van der Waals surface area contributed by atoms with Gasteiger partial charge >= 0.3 is 0 Å². The molecule has 120 valence electrons. The molecular weight excluding hydrogens is 294 g/mol. The molecule has 0 aliphatic heterocycles. The Hall–Kier alpha value is -2.63. The molecule has 0 radical (unpaired) electrons. The Bertz CT molecular complexity index is 833. The second-order valence-electron chi connectivity index (χ2n) is 6.70. The number of phenolic OH excluding ortho intramolecular Hbond substituents is 1. The monoisotopic (exact) mass is 313 g/mol. The lowest BCUT2D eigenvalue weighted by atomic mass is 9.93. The maximum absolute atomic E-state index is 9.85. The normalized spacial score (nSPS) is 11.9. The van der Waals surface area contributed by atoms with Gasteiger partial charge in [-0.15, -0.1) is 10.2 Å². The van der Waals surface area contributed by atoms with Crippen LogP contribution in [0.5, 0.6) is 5.75 Å². The molecule has 1 aromatic carbocycles. The summed E-state index contributed by atoms with van der Waals surface area (Å²) in [4.78, 5) is 0. The van der Waals surface area contributed by atoms with E-state index >= 15 is 0 Å². The van der Waals surface area contributed by atoms with Gasteiger partial charge in [-0.05, 0) is 37.1 Å². The molecule has 0 saturated carbocycles. The molecule has 0 amide bonds. The van der Waals surface area contributed by atoms with Crippen LogP contribution in [-0.4, -0.2) is 20.5 Å². The van der Waals surface area contributed by atoms with Gasteiger partial charge in [0.25, 0.3) is 5.89 Å². The minimum atomic E-state index is -0.140. The van der Waals surface area contributed by atoms with E-state index < -0.39 is 0 Å². The van der Waals surface area contributed by atoms with Crippen LogP contribution in [0.2, 0.25) is 0 Å². The summed E-state index contributed by atoms with van der Waals surface area (Å²) in [6.07, 6.45) is 0. The fourth-order valence-corrected chi connectivity index (χ4v) is 2.25. The number of phenols is 1. The molecule has 1 N–H and O–H groups in total. The third kappa shape index (κ3) is 2.84. The molecule has 0 spiro atoms. The summed E-state index contributed by atoms with van der Waals surface area (Å²) in [6.45, 7) is 9.78. The number of aromatic nitrogens is 3. The maximum atomic E-state index is 9.85. The van der Waals surface area contributed by atoms with Gasteiger partial charge in [0.15, 0.2) is 5.69 Å². The Kier molecular flexibility index (Phi) is 3.47. The molecule has 23 heavy (non-hydrogen) atoms. The van der Waals surface area contributed by atoms with E-state index in [4.69, 9.17) is 8.94 Å². The van der Waals surface area contributed by atoms with Crippen molar-refractivity contribution >= 4 is 0 Å². The first-order valence-electron chi connectivity index (χ1n) is 7.37. The highest BCUT2D eigenvalue weighted by Gasteiger charge is 2.22. The first-order chi connectivity index (χ1) is 10.8. The first-order valence-corrected chi connectivity index (χ1v) is 7.37. The van der Waals surface area contributed by atoms with E-state index in [1.165, 1.54) is 0 Å². The van der Waals surface area contributed by atoms with Crippen molar-refractivity contribution in [3.8, 4) is 28.8 Å². The van der Waals surface area contributed by atoms with Crippen molar-refractivity contribution in [3.05, 3.63) is 35.1 Å². The molecule has 6 heteroatoms. The molecule has 6 nitrogen and oxygen atoms in total. The second kappa shape index (κ2) is 5.22. The van der Waals surface area contributed by atoms with Crippen molar-refractivity contribution in [3.63, 3.8) is 0 Å². The van der Waals surface area contributed by atoms with Gasteiger partial charge in [-0.3, -0.25) is 0 Å². The third-order valence-electron chi connectivity index (χ3n) is 3.63. The van der Waals surface area contributed by atoms with E-state index in [1.54, 1.807) is 0 Å². The standard InChI is InChI=1S/C17H19N3O3/c1-9-6-11(7-10(2)14(9)21)15-18-19-16(22-15)12-8-13(23-20-12)17(3,4)5/h6-8,21H,1-5H3. The minimum absolute atomic E-state index is 0.140. The van der Waals surface area contributed by atoms with Crippen LogP contribution >= 0.6 is 0 Å². The maximum Gasteiger partial charge on any atom is 0.270 e. The molecule has 0 aliphatic carbocycles. The number of aromatic hydroxyl groups is 1. The Labute approximate surface area is 134 Å². The van der Waals surface area contributed by atoms with Crippen molar-refractivity contribution in [1.82, 2.24) is 15.4 Å². The van der Waals surface area contributed by atoms with Gasteiger partial charge in [0, 0.05) is 17.0 Å². The molecule has 0 atom stereocenters. The van der Waals surface area contributed by atoms with Crippen molar-refractivity contribution < 1.29 is 14.0 Å². The van der Waals surface area contributed by atoms with Crippen molar-refractivity contribution in [2.75, 3.05) is 0 Å². The van der Waals surface area contributed by atoms with E-state index in [9.17, 15) is 5.11 Å². The van der Waals surface area contributed by atoms with Crippen LogP contribution < -0.4 is 0 Å². The number of hydrogen-bond donors (Lipinski definition) is 1. The lowest BCUT2D eigenvalue weighted by Crippen LogP contribution is -2.09. The largest absolute Gasteiger partial charge is 0.507 e. The SMILES string of the molecule is Cc1cc(-c2nnc(-c3cc(C(C)(C)C)on3)o2)cc(C)c1O. The van der Waals surface area contributed by atoms with Gasteiger partial charge in [0.1, 0.15) is 11.5 Å². The summed E-state index contributed by atoms with van der Waals surface area (Å²) in [7, 11) is 0. The number of benzene rings is 1. The van der Waals surface area contributed by atoms with Gasteiger partial charge in [-0.25, -0.2) is 0 Å². The summed E-state index contributed by atoms with van der Waals surface area (Å²) in [5.74, 6) is 1.72. The Morgan fingerprint density at radius 1 is 0.957 bits per heavy atom. The lowest BCUT2D eigenvalue weighted by molar-refractivity contribution is 0.329. The molecule has 0 bridgehead atoms. The Balaban J connectivity index is 1.96. The molecular formula is C17H19N3O3. The van der Waals surface area contributed by atoms with E-state index in [1.807, 2.05) is 52.8 Å². The van der Waals surface area contributed by atoms with Crippen LogP contribution in [0, 0.1) is 13.8 Å². The van der Waals surface area contributed by atoms with Crippen LogP contribution in [0.3, 0.4) is 0 Å². The van der Waals surface area contributed by atoms with Crippen molar-refractivity contribution in [1.29, 1.82) is 0 Å². The average molecular weight is 313 g/mol. The summed E-state index contributed by atoms with van der Waals surface area (Å²) >= 11 is 0. The van der Waals surface area contributed by atoms with Crippen molar-refractivity contribution in [2.24, 2.45) is 0 Å². The minimum Gasteiger partial charge on any atom is -0.507 e. The van der Waals surface area contributed by atoms with E-state index in [-0.39, 0.29) is 11.2 Å². The van der Waals surface area contributed by atoms with Crippen LogP contribution in [0.4, 0.5) is 0 Å².